The van der Waals surface area contributed by atoms with E-state index in [1.807, 2.05) is 36.4 Å². The van der Waals surface area contributed by atoms with Gasteiger partial charge in [-0.3, -0.25) is 5.43 Å². The summed E-state index contributed by atoms with van der Waals surface area (Å²) >= 11 is 0. The number of nitrogens with one attached hydrogen (secondary N) is 1. The van der Waals surface area contributed by atoms with Crippen molar-refractivity contribution in [2.24, 2.45) is 10.5 Å². The molecule has 0 amide bonds. The second kappa shape index (κ2) is 8.70. The van der Waals surface area contributed by atoms with Crippen molar-refractivity contribution in [1.29, 1.82) is 0 Å². The van der Waals surface area contributed by atoms with E-state index < -0.39 is 0 Å². The van der Waals surface area contributed by atoms with Crippen LogP contribution in [0.4, 0.5) is 5.69 Å². The van der Waals surface area contributed by atoms with Crippen LogP contribution >= 0.6 is 12.4 Å². The first-order valence-electron chi connectivity index (χ1n) is 7.58. The van der Waals surface area contributed by atoms with E-state index in [1.165, 1.54) is 0 Å². The Kier molecular flexibility index (Phi) is 7.27. The first kappa shape index (κ1) is 19.2. The van der Waals surface area contributed by atoms with Gasteiger partial charge in [0.1, 0.15) is 0 Å². The average molecular weight is 332 g/mol. The average Bonchev–Trinajstić information content (AvgIpc) is 2.48. The monoisotopic (exact) mass is 331 g/mol. The largest absolute Gasteiger partial charge is 0.308 e. The van der Waals surface area contributed by atoms with Crippen LogP contribution in [0.2, 0.25) is 0 Å². The topological polar surface area (TPSA) is 27.6 Å². The summed E-state index contributed by atoms with van der Waals surface area (Å²) in [6.07, 6.45) is 0. The Balaban J connectivity index is 0.00000264. The number of halogens is 1. The Morgan fingerprint density at radius 2 is 1.48 bits per heavy atom. The van der Waals surface area contributed by atoms with E-state index in [4.69, 9.17) is 5.10 Å². The minimum absolute atomic E-state index is 0. The first-order chi connectivity index (χ1) is 10.5. The lowest BCUT2D eigenvalue weighted by Gasteiger charge is -2.30. The molecule has 0 unspecified atom stereocenters. The lowest BCUT2D eigenvalue weighted by Crippen LogP contribution is -2.36. The van der Waals surface area contributed by atoms with Gasteiger partial charge in [-0.15, -0.1) is 12.4 Å². The first-order valence-corrected chi connectivity index (χ1v) is 7.58. The van der Waals surface area contributed by atoms with E-state index in [0.29, 0.717) is 0 Å². The molecule has 0 aromatic heterocycles. The molecule has 0 heterocycles. The molecule has 1 N–H and O–H groups in total. The molecule has 0 bridgehead atoms. The lowest BCUT2D eigenvalue weighted by molar-refractivity contribution is 0.311. The molecule has 3 nitrogen and oxygen atoms in total. The Hall–Kier alpha value is -1.84. The summed E-state index contributed by atoms with van der Waals surface area (Å²) in [5, 5.41) is 4.73. The fourth-order valence-electron chi connectivity index (χ4n) is 2.70. The van der Waals surface area contributed by atoms with Gasteiger partial charge in [-0.25, -0.2) is 0 Å². The van der Waals surface area contributed by atoms with Crippen molar-refractivity contribution < 1.29 is 0 Å². The predicted octanol–water partition coefficient (Wildman–Crippen LogP) is 4.51. The number of para-hydroxylation sites is 1. The van der Waals surface area contributed by atoms with Crippen LogP contribution in [-0.2, 0) is 0 Å². The van der Waals surface area contributed by atoms with Crippen LogP contribution in [0.25, 0.3) is 0 Å². The van der Waals surface area contributed by atoms with Crippen LogP contribution < -0.4 is 5.43 Å². The highest BCUT2D eigenvalue weighted by Crippen LogP contribution is 2.24. The summed E-state index contributed by atoms with van der Waals surface area (Å²) in [7, 11) is 4.18. The summed E-state index contributed by atoms with van der Waals surface area (Å²) in [4.78, 5) is 2.20. The molecule has 0 aliphatic carbocycles. The van der Waals surface area contributed by atoms with Gasteiger partial charge in [-0.2, -0.15) is 5.10 Å². The smallest absolute Gasteiger partial charge is 0.0748 e. The van der Waals surface area contributed by atoms with Crippen LogP contribution in [0.3, 0.4) is 0 Å². The zero-order valence-corrected chi connectivity index (χ0v) is 15.1. The van der Waals surface area contributed by atoms with Crippen molar-refractivity contribution in [2.45, 2.75) is 13.8 Å². The maximum Gasteiger partial charge on any atom is 0.0748 e. The fraction of sp³-hybridized carbons (Fsp3) is 0.316. The molecule has 124 valence electrons. The molecular formula is C19H26ClN3. The van der Waals surface area contributed by atoms with E-state index >= 15 is 0 Å². The number of hydrazone groups is 1. The Morgan fingerprint density at radius 1 is 0.957 bits per heavy atom. The highest BCUT2D eigenvalue weighted by molar-refractivity contribution is 6.04. The van der Waals surface area contributed by atoms with Crippen molar-refractivity contribution in [2.75, 3.05) is 26.1 Å². The van der Waals surface area contributed by atoms with Gasteiger partial charge in [0.15, 0.2) is 0 Å². The van der Waals surface area contributed by atoms with E-state index in [0.717, 1.165) is 23.5 Å². The van der Waals surface area contributed by atoms with Crippen LogP contribution in [0.15, 0.2) is 65.8 Å². The van der Waals surface area contributed by atoms with Gasteiger partial charge >= 0.3 is 0 Å². The van der Waals surface area contributed by atoms with Crippen LogP contribution in [0.5, 0.6) is 0 Å². The molecule has 0 spiro atoms. The number of anilines is 1. The quantitative estimate of drug-likeness (QED) is 0.623. The molecular weight excluding hydrogens is 306 g/mol. The zero-order valence-electron chi connectivity index (χ0n) is 14.3. The number of hydrogen-bond donors (Lipinski definition) is 1. The highest BCUT2D eigenvalue weighted by Gasteiger charge is 2.27. The summed E-state index contributed by atoms with van der Waals surface area (Å²) in [5.74, 6) is 0. The molecule has 2 aromatic carbocycles. The third-order valence-electron chi connectivity index (χ3n) is 3.47. The van der Waals surface area contributed by atoms with Crippen molar-refractivity contribution in [3.8, 4) is 0 Å². The van der Waals surface area contributed by atoms with E-state index in [2.05, 4.69) is 62.5 Å². The Morgan fingerprint density at radius 3 is 2.00 bits per heavy atom. The van der Waals surface area contributed by atoms with Gasteiger partial charge in [-0.05, 0) is 31.8 Å². The maximum atomic E-state index is 4.73. The van der Waals surface area contributed by atoms with Gasteiger partial charge in [-0.1, -0.05) is 62.4 Å². The normalized spacial score (nSPS) is 12.0. The maximum absolute atomic E-state index is 4.73. The number of rotatable bonds is 6. The predicted molar refractivity (Wildman–Crippen MR) is 103 cm³/mol. The van der Waals surface area contributed by atoms with Crippen molar-refractivity contribution >= 4 is 23.8 Å². The van der Waals surface area contributed by atoms with Crippen LogP contribution in [0.1, 0.15) is 19.4 Å². The molecule has 0 aliphatic rings. The van der Waals surface area contributed by atoms with E-state index in [-0.39, 0.29) is 17.8 Å². The second-order valence-electron chi connectivity index (χ2n) is 6.43. The summed E-state index contributed by atoms with van der Waals surface area (Å²) < 4.78 is 0. The number of nitrogens with zero attached hydrogens (tertiary/aromatic N) is 2. The SMILES string of the molecule is CN(C)CC(C)(C)/C(=N/Nc1ccccc1)c1ccccc1.Cl. The molecule has 2 aromatic rings. The third kappa shape index (κ3) is 5.70. The van der Waals surface area contributed by atoms with Gasteiger partial charge in [0.25, 0.3) is 0 Å². The number of benzene rings is 2. The van der Waals surface area contributed by atoms with Gasteiger partial charge in [0, 0.05) is 12.0 Å². The third-order valence-corrected chi connectivity index (χ3v) is 3.47. The molecule has 23 heavy (non-hydrogen) atoms. The van der Waals surface area contributed by atoms with Crippen LogP contribution in [-0.4, -0.2) is 31.3 Å². The molecule has 0 aliphatic heterocycles. The fourth-order valence-corrected chi connectivity index (χ4v) is 2.70. The lowest BCUT2D eigenvalue weighted by atomic mass is 9.83. The molecule has 4 heteroatoms. The second-order valence-corrected chi connectivity index (χ2v) is 6.43. The van der Waals surface area contributed by atoms with Crippen molar-refractivity contribution in [3.63, 3.8) is 0 Å². The highest BCUT2D eigenvalue weighted by atomic mass is 35.5. The van der Waals surface area contributed by atoms with E-state index in [9.17, 15) is 0 Å². The molecule has 2 rings (SSSR count). The standard InChI is InChI=1S/C19H25N3.ClH/c1-19(2,15-22(3)4)18(16-11-7-5-8-12-16)21-20-17-13-9-6-10-14-17;/h5-14,20H,15H2,1-4H3;1H/b21-18+;. The van der Waals surface area contributed by atoms with Crippen molar-refractivity contribution in [1.82, 2.24) is 4.90 Å². The molecule has 0 saturated heterocycles. The minimum Gasteiger partial charge on any atom is -0.308 e. The van der Waals surface area contributed by atoms with Crippen LogP contribution in [0, 0.1) is 5.41 Å². The summed E-state index contributed by atoms with van der Waals surface area (Å²) in [5.41, 5.74) is 6.34. The molecule has 0 saturated carbocycles. The summed E-state index contributed by atoms with van der Waals surface area (Å²) in [6.45, 7) is 5.38. The molecule has 0 fully saturated rings. The van der Waals surface area contributed by atoms with Gasteiger partial charge < -0.3 is 4.90 Å². The Bertz CT molecular complexity index is 607. The molecule has 0 radical (unpaired) electrons. The van der Waals surface area contributed by atoms with Gasteiger partial charge in [0.05, 0.1) is 11.4 Å². The number of hydrogen-bond acceptors (Lipinski definition) is 3. The van der Waals surface area contributed by atoms with Gasteiger partial charge in [0.2, 0.25) is 0 Å². The zero-order chi connectivity index (χ0) is 16.0. The summed E-state index contributed by atoms with van der Waals surface area (Å²) in [6, 6.07) is 20.4. The van der Waals surface area contributed by atoms with Crippen molar-refractivity contribution in [3.05, 3.63) is 66.2 Å². The molecule has 0 atom stereocenters. The Labute approximate surface area is 145 Å². The van der Waals surface area contributed by atoms with E-state index in [1.54, 1.807) is 0 Å². The minimum atomic E-state index is -0.0629.